The summed E-state index contributed by atoms with van der Waals surface area (Å²) in [5.41, 5.74) is 0.448. The summed E-state index contributed by atoms with van der Waals surface area (Å²) in [6.45, 7) is 0. The second-order valence-electron chi connectivity index (χ2n) is 3.85. The zero-order chi connectivity index (χ0) is 13.1. The Bertz CT molecular complexity index is 668. The van der Waals surface area contributed by atoms with Crippen molar-refractivity contribution in [1.82, 2.24) is 14.8 Å². The van der Waals surface area contributed by atoms with Gasteiger partial charge in [-0.05, 0) is 36.4 Å². The lowest BCUT2D eigenvalue weighted by atomic mass is 10.3. The molecule has 19 heavy (non-hydrogen) atoms. The molecule has 0 fully saturated rings. The fraction of sp³-hybridized carbons (Fsp3) is 0. The van der Waals surface area contributed by atoms with Gasteiger partial charge in [-0.15, -0.1) is 0 Å². The third kappa shape index (κ3) is 2.66. The number of hydrogen-bond acceptors (Lipinski definition) is 3. The van der Waals surface area contributed by atoms with Crippen molar-refractivity contribution >= 4 is 11.8 Å². The maximum Gasteiger partial charge on any atom is 0.149 e. The third-order valence-electron chi connectivity index (χ3n) is 2.56. The van der Waals surface area contributed by atoms with Crippen LogP contribution in [0.15, 0.2) is 71.0 Å². The highest BCUT2D eigenvalue weighted by Gasteiger charge is 2.06. The Balaban J connectivity index is 1.88. The van der Waals surface area contributed by atoms with Crippen LogP contribution in [0.2, 0.25) is 0 Å². The van der Waals surface area contributed by atoms with Crippen LogP contribution in [0, 0.1) is 5.82 Å². The first-order valence-electron chi connectivity index (χ1n) is 5.70. The second-order valence-corrected chi connectivity index (χ2v) is 5.00. The quantitative estimate of drug-likeness (QED) is 0.729. The van der Waals surface area contributed by atoms with E-state index in [1.807, 2.05) is 18.2 Å². The van der Waals surface area contributed by atoms with Gasteiger partial charge in [0, 0.05) is 34.6 Å². The van der Waals surface area contributed by atoms with Crippen LogP contribution in [-0.2, 0) is 0 Å². The van der Waals surface area contributed by atoms with Crippen LogP contribution in [0.5, 0.6) is 0 Å². The summed E-state index contributed by atoms with van der Waals surface area (Å²) < 4.78 is 15.5. The van der Waals surface area contributed by atoms with Crippen molar-refractivity contribution in [2.75, 3.05) is 0 Å². The molecule has 2 heterocycles. The monoisotopic (exact) mass is 271 g/mol. The van der Waals surface area contributed by atoms with Gasteiger partial charge in [0.25, 0.3) is 0 Å². The highest BCUT2D eigenvalue weighted by molar-refractivity contribution is 7.99. The van der Waals surface area contributed by atoms with Crippen LogP contribution in [0.3, 0.4) is 0 Å². The molecule has 0 atom stereocenters. The zero-order valence-corrected chi connectivity index (χ0v) is 10.7. The summed E-state index contributed by atoms with van der Waals surface area (Å²) in [5, 5.41) is 4.02. The molecule has 94 valence electrons. The van der Waals surface area contributed by atoms with E-state index < -0.39 is 0 Å². The highest BCUT2D eigenvalue weighted by atomic mass is 32.2. The fourth-order valence-corrected chi connectivity index (χ4v) is 2.52. The molecule has 3 aromatic rings. The van der Waals surface area contributed by atoms with Gasteiger partial charge in [0.15, 0.2) is 0 Å². The van der Waals surface area contributed by atoms with Gasteiger partial charge in [-0.3, -0.25) is 4.98 Å². The first-order valence-corrected chi connectivity index (χ1v) is 6.52. The van der Waals surface area contributed by atoms with Crippen LogP contribution in [0.1, 0.15) is 0 Å². The smallest absolute Gasteiger partial charge is 0.149 e. The number of aromatic nitrogens is 3. The number of pyridine rings is 1. The summed E-state index contributed by atoms with van der Waals surface area (Å²) in [4.78, 5) is 5.83. The number of benzene rings is 1. The first-order chi connectivity index (χ1) is 9.33. The van der Waals surface area contributed by atoms with E-state index in [9.17, 15) is 4.39 Å². The van der Waals surface area contributed by atoms with E-state index in [4.69, 9.17) is 0 Å². The van der Waals surface area contributed by atoms with Gasteiger partial charge in [0.2, 0.25) is 0 Å². The Kier molecular flexibility index (Phi) is 3.29. The van der Waals surface area contributed by atoms with E-state index in [0.29, 0.717) is 5.69 Å². The number of rotatable bonds is 3. The maximum absolute atomic E-state index is 14.0. The molecule has 0 aliphatic carbocycles. The number of nitrogens with zero attached hydrogens (tertiary/aromatic N) is 3. The first kappa shape index (κ1) is 11.9. The van der Waals surface area contributed by atoms with Gasteiger partial charge in [0.1, 0.15) is 11.5 Å². The second kappa shape index (κ2) is 5.24. The van der Waals surface area contributed by atoms with E-state index in [1.54, 1.807) is 36.9 Å². The van der Waals surface area contributed by atoms with Crippen LogP contribution in [0.4, 0.5) is 4.39 Å². The van der Waals surface area contributed by atoms with Crippen LogP contribution in [-0.4, -0.2) is 14.8 Å². The lowest BCUT2D eigenvalue weighted by Gasteiger charge is -2.06. The topological polar surface area (TPSA) is 30.7 Å². The Hall–Kier alpha value is -2.14. The highest BCUT2D eigenvalue weighted by Crippen LogP contribution is 2.28. The molecule has 0 spiro atoms. The van der Waals surface area contributed by atoms with E-state index in [0.717, 1.165) is 9.79 Å². The van der Waals surface area contributed by atoms with Gasteiger partial charge in [0.05, 0.1) is 0 Å². The SMILES string of the molecule is Fc1cc(Sc2ccncc2)ccc1-n1cccn1. The van der Waals surface area contributed by atoms with Crippen molar-refractivity contribution in [3.63, 3.8) is 0 Å². The van der Waals surface area contributed by atoms with Gasteiger partial charge >= 0.3 is 0 Å². The van der Waals surface area contributed by atoms with E-state index in [-0.39, 0.29) is 5.82 Å². The molecule has 0 saturated heterocycles. The predicted molar refractivity (Wildman–Crippen MR) is 71.9 cm³/mol. The Labute approximate surface area is 114 Å². The van der Waals surface area contributed by atoms with Gasteiger partial charge in [-0.2, -0.15) is 5.10 Å². The van der Waals surface area contributed by atoms with Crippen molar-refractivity contribution in [2.24, 2.45) is 0 Å². The average molecular weight is 271 g/mol. The summed E-state index contributed by atoms with van der Waals surface area (Å²) in [5.74, 6) is -0.289. The van der Waals surface area contributed by atoms with Crippen LogP contribution < -0.4 is 0 Å². The van der Waals surface area contributed by atoms with Crippen LogP contribution in [0.25, 0.3) is 5.69 Å². The molecule has 1 aromatic carbocycles. The van der Waals surface area contributed by atoms with Crippen molar-refractivity contribution in [1.29, 1.82) is 0 Å². The molecule has 0 saturated carbocycles. The van der Waals surface area contributed by atoms with Gasteiger partial charge in [-0.25, -0.2) is 9.07 Å². The molecular formula is C14H10FN3S. The largest absolute Gasteiger partial charge is 0.265 e. The molecule has 3 nitrogen and oxygen atoms in total. The van der Waals surface area contributed by atoms with E-state index in [1.165, 1.54) is 22.5 Å². The minimum atomic E-state index is -0.289. The molecular weight excluding hydrogens is 261 g/mol. The molecule has 3 rings (SSSR count). The average Bonchev–Trinajstić information content (AvgIpc) is 2.94. The van der Waals surface area contributed by atoms with Crippen molar-refractivity contribution in [2.45, 2.75) is 9.79 Å². The minimum absolute atomic E-state index is 0.289. The zero-order valence-electron chi connectivity index (χ0n) is 9.90. The number of halogens is 1. The molecule has 2 aromatic heterocycles. The normalized spacial score (nSPS) is 10.6. The maximum atomic E-state index is 14.0. The van der Waals surface area contributed by atoms with Gasteiger partial charge < -0.3 is 0 Å². The van der Waals surface area contributed by atoms with Crippen molar-refractivity contribution < 1.29 is 4.39 Å². The van der Waals surface area contributed by atoms with Crippen LogP contribution >= 0.6 is 11.8 Å². The standard InChI is InChI=1S/C14H10FN3S/c15-13-10-12(19-11-4-7-16-8-5-11)2-3-14(13)18-9-1-6-17-18/h1-10H. The summed E-state index contributed by atoms with van der Waals surface area (Å²) >= 11 is 1.50. The number of hydrogen-bond donors (Lipinski definition) is 0. The Morgan fingerprint density at radius 2 is 1.84 bits per heavy atom. The molecule has 5 heteroatoms. The van der Waals surface area contributed by atoms with E-state index >= 15 is 0 Å². The molecule has 0 aliphatic heterocycles. The Morgan fingerprint density at radius 1 is 1.00 bits per heavy atom. The predicted octanol–water partition coefficient (Wildman–Crippen LogP) is 3.56. The molecule has 0 radical (unpaired) electrons. The molecule has 0 unspecified atom stereocenters. The molecule has 0 amide bonds. The molecule has 0 aliphatic rings. The minimum Gasteiger partial charge on any atom is -0.265 e. The van der Waals surface area contributed by atoms with Crippen molar-refractivity contribution in [3.05, 3.63) is 67.0 Å². The molecule has 0 bridgehead atoms. The summed E-state index contributed by atoms with van der Waals surface area (Å²) in [6.07, 6.45) is 6.78. The fourth-order valence-electron chi connectivity index (χ4n) is 1.69. The summed E-state index contributed by atoms with van der Waals surface area (Å²) in [7, 11) is 0. The van der Waals surface area contributed by atoms with E-state index in [2.05, 4.69) is 10.1 Å². The van der Waals surface area contributed by atoms with Crippen molar-refractivity contribution in [3.8, 4) is 5.69 Å². The third-order valence-corrected chi connectivity index (χ3v) is 3.55. The summed E-state index contributed by atoms with van der Waals surface area (Å²) in [6, 6.07) is 10.7. The van der Waals surface area contributed by atoms with Gasteiger partial charge in [-0.1, -0.05) is 11.8 Å². The Morgan fingerprint density at radius 3 is 2.53 bits per heavy atom. The lowest BCUT2D eigenvalue weighted by Crippen LogP contribution is -1.97. The lowest BCUT2D eigenvalue weighted by molar-refractivity contribution is 0.607. The molecule has 0 N–H and O–H groups in total.